The highest BCUT2D eigenvalue weighted by Crippen LogP contribution is 2.20. The minimum atomic E-state index is -0.696. The number of carbonyl (C=O) groups is 3. The van der Waals surface area contributed by atoms with Crippen LogP contribution >= 0.6 is 11.6 Å². The van der Waals surface area contributed by atoms with Crippen LogP contribution in [0.3, 0.4) is 0 Å². The van der Waals surface area contributed by atoms with Gasteiger partial charge in [-0.2, -0.15) is 0 Å². The molecule has 2 atom stereocenters. The van der Waals surface area contributed by atoms with E-state index in [0.29, 0.717) is 36.8 Å². The lowest BCUT2D eigenvalue weighted by molar-refractivity contribution is -0.137. The van der Waals surface area contributed by atoms with Gasteiger partial charge in [-0.25, -0.2) is 9.78 Å². The first-order chi connectivity index (χ1) is 13.3. The second-order valence-corrected chi connectivity index (χ2v) is 7.50. The maximum atomic E-state index is 12.9. The molecular weight excluding hydrogens is 384 g/mol. The standard InChI is InChI=1S/C19H27ClN4O4/c1-4-28-19(27)23-16(12(2)3)18(26)24-9-5-6-13(11-24)17(25)22-15-8-7-14(20)10-21-15/h7-8,10,12-13,16H,4-6,9,11H2,1-3H3,(H,23,27)(H,21,22,25). The Kier molecular flexibility index (Phi) is 8.04. The predicted molar refractivity (Wildman–Crippen MR) is 106 cm³/mol. The fourth-order valence-electron chi connectivity index (χ4n) is 3.08. The summed E-state index contributed by atoms with van der Waals surface area (Å²) in [7, 11) is 0. The topological polar surface area (TPSA) is 101 Å². The molecule has 28 heavy (non-hydrogen) atoms. The van der Waals surface area contributed by atoms with Gasteiger partial charge in [-0.15, -0.1) is 0 Å². The van der Waals surface area contributed by atoms with Crippen molar-refractivity contribution in [3.05, 3.63) is 23.4 Å². The molecule has 1 aliphatic heterocycles. The van der Waals surface area contributed by atoms with Crippen LogP contribution in [-0.2, 0) is 14.3 Å². The third kappa shape index (κ3) is 6.09. The summed E-state index contributed by atoms with van der Waals surface area (Å²) in [6.07, 6.45) is 2.24. The average Bonchev–Trinajstić information content (AvgIpc) is 2.67. The van der Waals surface area contributed by atoms with Crippen molar-refractivity contribution in [2.75, 3.05) is 25.0 Å². The van der Waals surface area contributed by atoms with E-state index in [4.69, 9.17) is 16.3 Å². The summed E-state index contributed by atoms with van der Waals surface area (Å²) >= 11 is 5.80. The predicted octanol–water partition coefficient (Wildman–Crippen LogP) is 2.68. The van der Waals surface area contributed by atoms with Gasteiger partial charge < -0.3 is 20.3 Å². The zero-order valence-electron chi connectivity index (χ0n) is 16.4. The molecule has 0 saturated carbocycles. The molecule has 1 aliphatic rings. The Morgan fingerprint density at radius 2 is 2.11 bits per heavy atom. The molecule has 3 amide bonds. The Bertz CT molecular complexity index is 696. The molecule has 2 N–H and O–H groups in total. The Balaban J connectivity index is 1.99. The number of rotatable bonds is 6. The number of halogens is 1. The Morgan fingerprint density at radius 1 is 1.36 bits per heavy atom. The number of pyridine rings is 1. The maximum absolute atomic E-state index is 12.9. The molecule has 2 heterocycles. The van der Waals surface area contributed by atoms with Gasteiger partial charge in [0.1, 0.15) is 11.9 Å². The van der Waals surface area contributed by atoms with Crippen LogP contribution in [0.15, 0.2) is 18.3 Å². The van der Waals surface area contributed by atoms with Gasteiger partial charge >= 0.3 is 6.09 Å². The first kappa shape index (κ1) is 21.9. The van der Waals surface area contributed by atoms with Crippen molar-refractivity contribution in [1.29, 1.82) is 0 Å². The van der Waals surface area contributed by atoms with Crippen LogP contribution in [0.2, 0.25) is 5.02 Å². The quantitative estimate of drug-likeness (QED) is 0.750. The van der Waals surface area contributed by atoms with Gasteiger partial charge in [-0.1, -0.05) is 25.4 Å². The van der Waals surface area contributed by atoms with E-state index in [1.54, 1.807) is 24.0 Å². The van der Waals surface area contributed by atoms with Crippen LogP contribution < -0.4 is 10.6 Å². The molecule has 9 heteroatoms. The van der Waals surface area contributed by atoms with E-state index in [2.05, 4.69) is 15.6 Å². The molecular formula is C19H27ClN4O4. The van der Waals surface area contributed by atoms with Crippen LogP contribution in [0, 0.1) is 11.8 Å². The van der Waals surface area contributed by atoms with Crippen LogP contribution in [0.5, 0.6) is 0 Å². The third-order valence-electron chi connectivity index (χ3n) is 4.56. The molecule has 2 rings (SSSR count). The second-order valence-electron chi connectivity index (χ2n) is 7.06. The number of alkyl carbamates (subject to hydrolysis) is 1. The van der Waals surface area contributed by atoms with Crippen molar-refractivity contribution in [2.24, 2.45) is 11.8 Å². The molecule has 0 radical (unpaired) electrons. The number of likely N-dealkylation sites (tertiary alicyclic amines) is 1. The molecule has 8 nitrogen and oxygen atoms in total. The summed E-state index contributed by atoms with van der Waals surface area (Å²) in [6.45, 7) is 6.50. The number of ether oxygens (including phenoxy) is 1. The number of anilines is 1. The summed E-state index contributed by atoms with van der Waals surface area (Å²) < 4.78 is 4.89. The van der Waals surface area contributed by atoms with Crippen LogP contribution in [0.4, 0.5) is 10.6 Å². The number of hydrogen-bond donors (Lipinski definition) is 2. The fraction of sp³-hybridized carbons (Fsp3) is 0.579. The third-order valence-corrected chi connectivity index (χ3v) is 4.79. The van der Waals surface area contributed by atoms with E-state index >= 15 is 0 Å². The second kappa shape index (κ2) is 10.3. The van der Waals surface area contributed by atoms with Gasteiger partial charge in [0.2, 0.25) is 11.8 Å². The lowest BCUT2D eigenvalue weighted by Crippen LogP contribution is -2.54. The SMILES string of the molecule is CCOC(=O)NC(C(=O)N1CCCC(C(=O)Nc2ccc(Cl)cn2)C1)C(C)C. The highest BCUT2D eigenvalue weighted by atomic mass is 35.5. The van der Waals surface area contributed by atoms with E-state index in [-0.39, 0.29) is 30.3 Å². The minimum absolute atomic E-state index is 0.107. The number of piperidine rings is 1. The number of carbonyl (C=O) groups excluding carboxylic acids is 3. The van der Waals surface area contributed by atoms with Crippen LogP contribution in [-0.4, -0.2) is 53.5 Å². The van der Waals surface area contributed by atoms with Crippen LogP contribution in [0.25, 0.3) is 0 Å². The van der Waals surface area contributed by atoms with Gasteiger partial charge in [-0.05, 0) is 37.8 Å². The van der Waals surface area contributed by atoms with Crippen molar-refractivity contribution in [3.8, 4) is 0 Å². The summed E-state index contributed by atoms with van der Waals surface area (Å²) in [4.78, 5) is 43.0. The molecule has 1 aromatic rings. The van der Waals surface area contributed by atoms with Crippen molar-refractivity contribution in [3.63, 3.8) is 0 Å². The zero-order chi connectivity index (χ0) is 20.7. The summed E-state index contributed by atoms with van der Waals surface area (Å²) in [5.41, 5.74) is 0. The van der Waals surface area contributed by atoms with Crippen molar-refractivity contribution >= 4 is 35.3 Å². The molecule has 1 fully saturated rings. The maximum Gasteiger partial charge on any atom is 0.407 e. The summed E-state index contributed by atoms with van der Waals surface area (Å²) in [5, 5.41) is 5.88. The van der Waals surface area contributed by atoms with Gasteiger partial charge in [0.25, 0.3) is 0 Å². The Labute approximate surface area is 170 Å². The Hall–Kier alpha value is -2.35. The van der Waals surface area contributed by atoms with Crippen molar-refractivity contribution < 1.29 is 19.1 Å². The molecule has 2 unspecified atom stereocenters. The first-order valence-corrected chi connectivity index (χ1v) is 9.84. The molecule has 0 spiro atoms. The molecule has 0 bridgehead atoms. The van der Waals surface area contributed by atoms with Crippen molar-refractivity contribution in [2.45, 2.75) is 39.7 Å². The smallest absolute Gasteiger partial charge is 0.407 e. The molecule has 154 valence electrons. The largest absolute Gasteiger partial charge is 0.450 e. The fourth-order valence-corrected chi connectivity index (χ4v) is 3.19. The minimum Gasteiger partial charge on any atom is -0.450 e. The monoisotopic (exact) mass is 410 g/mol. The summed E-state index contributed by atoms with van der Waals surface area (Å²) in [5.74, 6) is -0.422. The average molecular weight is 411 g/mol. The van der Waals surface area contributed by atoms with Gasteiger partial charge in [-0.3, -0.25) is 9.59 Å². The lowest BCUT2D eigenvalue weighted by atomic mass is 9.95. The molecule has 0 aliphatic carbocycles. The number of hydrogen-bond acceptors (Lipinski definition) is 5. The number of nitrogens with zero attached hydrogens (tertiary/aromatic N) is 2. The zero-order valence-corrected chi connectivity index (χ0v) is 17.2. The van der Waals surface area contributed by atoms with Crippen LogP contribution in [0.1, 0.15) is 33.6 Å². The van der Waals surface area contributed by atoms with E-state index < -0.39 is 12.1 Å². The molecule has 1 aromatic heterocycles. The number of aromatic nitrogens is 1. The normalized spacial score (nSPS) is 17.8. The lowest BCUT2D eigenvalue weighted by Gasteiger charge is -2.35. The van der Waals surface area contributed by atoms with Gasteiger partial charge in [0.05, 0.1) is 17.5 Å². The van der Waals surface area contributed by atoms with Gasteiger partial charge in [0, 0.05) is 19.3 Å². The highest BCUT2D eigenvalue weighted by Gasteiger charge is 2.34. The van der Waals surface area contributed by atoms with E-state index in [9.17, 15) is 14.4 Å². The van der Waals surface area contributed by atoms with Crippen molar-refractivity contribution in [1.82, 2.24) is 15.2 Å². The number of amides is 3. The number of nitrogens with one attached hydrogen (secondary N) is 2. The first-order valence-electron chi connectivity index (χ1n) is 9.46. The summed E-state index contributed by atoms with van der Waals surface area (Å²) in [6, 6.07) is 2.58. The molecule has 0 aromatic carbocycles. The molecule has 1 saturated heterocycles. The van der Waals surface area contributed by atoms with E-state index in [1.807, 2.05) is 13.8 Å². The van der Waals surface area contributed by atoms with E-state index in [1.165, 1.54) is 6.20 Å². The highest BCUT2D eigenvalue weighted by molar-refractivity contribution is 6.30. The van der Waals surface area contributed by atoms with E-state index in [0.717, 1.165) is 0 Å². The van der Waals surface area contributed by atoms with Gasteiger partial charge in [0.15, 0.2) is 0 Å². The Morgan fingerprint density at radius 3 is 2.71 bits per heavy atom.